The van der Waals surface area contributed by atoms with Gasteiger partial charge in [-0.25, -0.2) is 4.99 Å². The zero-order valence-electron chi connectivity index (χ0n) is 8.26. The van der Waals surface area contributed by atoms with Gasteiger partial charge in [-0.15, -0.1) is 0 Å². The average Bonchev–Trinajstić information content (AvgIpc) is 2.31. The minimum Gasteiger partial charge on any atom is -0.446 e. The molecule has 0 unspecified atom stereocenters. The van der Waals surface area contributed by atoms with Crippen LogP contribution in [0.25, 0.3) is 0 Å². The van der Waals surface area contributed by atoms with Gasteiger partial charge in [0.1, 0.15) is 0 Å². The zero-order chi connectivity index (χ0) is 11.4. The lowest BCUT2D eigenvalue weighted by molar-refractivity contribution is 0.111. The number of nitrogens with zero attached hydrogens (tertiary/aromatic N) is 1. The number of carbonyl (C=O) groups excluding carboxylic acids is 1. The first-order chi connectivity index (χ1) is 7.81. The van der Waals surface area contributed by atoms with Crippen molar-refractivity contribution in [3.05, 3.63) is 58.8 Å². The SMILES string of the molecule is O=Cc1c(Cl)ccoc1=Nc1ccccc1. The van der Waals surface area contributed by atoms with Crippen LogP contribution in [-0.2, 0) is 0 Å². The van der Waals surface area contributed by atoms with Crippen molar-refractivity contribution in [2.75, 3.05) is 0 Å². The number of halogens is 1. The van der Waals surface area contributed by atoms with Gasteiger partial charge in [0.15, 0.2) is 6.29 Å². The van der Waals surface area contributed by atoms with E-state index in [4.69, 9.17) is 16.0 Å². The molecule has 0 radical (unpaired) electrons. The van der Waals surface area contributed by atoms with Crippen molar-refractivity contribution < 1.29 is 9.21 Å². The van der Waals surface area contributed by atoms with E-state index in [0.29, 0.717) is 17.0 Å². The maximum Gasteiger partial charge on any atom is 0.231 e. The van der Waals surface area contributed by atoms with Crippen LogP contribution < -0.4 is 5.55 Å². The van der Waals surface area contributed by atoms with E-state index in [-0.39, 0.29) is 11.1 Å². The second-order valence-electron chi connectivity index (χ2n) is 3.05. The Balaban J connectivity index is 2.61. The van der Waals surface area contributed by atoms with Crippen molar-refractivity contribution in [3.63, 3.8) is 0 Å². The maximum atomic E-state index is 10.8. The second-order valence-corrected chi connectivity index (χ2v) is 3.46. The van der Waals surface area contributed by atoms with Gasteiger partial charge in [0.25, 0.3) is 0 Å². The first-order valence-electron chi connectivity index (χ1n) is 4.63. The summed E-state index contributed by atoms with van der Waals surface area (Å²) in [7, 11) is 0. The number of carbonyl (C=O) groups is 1. The Labute approximate surface area is 97.0 Å². The van der Waals surface area contributed by atoms with Gasteiger partial charge < -0.3 is 4.42 Å². The molecule has 0 N–H and O–H groups in total. The van der Waals surface area contributed by atoms with E-state index in [1.54, 1.807) is 0 Å². The number of hydrogen-bond acceptors (Lipinski definition) is 3. The van der Waals surface area contributed by atoms with Crippen LogP contribution >= 0.6 is 11.6 Å². The van der Waals surface area contributed by atoms with Gasteiger partial charge >= 0.3 is 0 Å². The fourth-order valence-electron chi connectivity index (χ4n) is 1.23. The van der Waals surface area contributed by atoms with Gasteiger partial charge in [0.2, 0.25) is 5.55 Å². The van der Waals surface area contributed by atoms with Crippen LogP contribution in [0.3, 0.4) is 0 Å². The third-order valence-corrected chi connectivity index (χ3v) is 2.32. The predicted octanol–water partition coefficient (Wildman–Crippen LogP) is 2.98. The summed E-state index contributed by atoms with van der Waals surface area (Å²) < 4.78 is 5.15. The Morgan fingerprint density at radius 3 is 2.62 bits per heavy atom. The largest absolute Gasteiger partial charge is 0.446 e. The number of para-hydroxylation sites is 1. The molecule has 0 aliphatic rings. The first-order valence-corrected chi connectivity index (χ1v) is 5.01. The lowest BCUT2D eigenvalue weighted by atomic mass is 10.3. The molecule has 0 bridgehead atoms. The van der Waals surface area contributed by atoms with Gasteiger partial charge in [-0.3, -0.25) is 4.79 Å². The summed E-state index contributed by atoms with van der Waals surface area (Å²) >= 11 is 5.84. The van der Waals surface area contributed by atoms with Gasteiger partial charge in [-0.05, 0) is 18.2 Å². The Hall–Kier alpha value is -1.87. The van der Waals surface area contributed by atoms with E-state index in [1.165, 1.54) is 12.3 Å². The Kier molecular flexibility index (Phi) is 3.17. The molecule has 1 heterocycles. The zero-order valence-corrected chi connectivity index (χ0v) is 9.02. The fourth-order valence-corrected chi connectivity index (χ4v) is 1.40. The Morgan fingerprint density at radius 2 is 1.94 bits per heavy atom. The molecule has 0 aliphatic heterocycles. The topological polar surface area (TPSA) is 42.6 Å². The summed E-state index contributed by atoms with van der Waals surface area (Å²) in [5.74, 6) is 0. The standard InChI is InChI=1S/C12H8ClNO2/c13-11-6-7-16-12(10(11)8-15)14-9-4-2-1-3-5-9/h1-8H. The monoisotopic (exact) mass is 233 g/mol. The van der Waals surface area contributed by atoms with E-state index in [0.717, 1.165) is 0 Å². The highest BCUT2D eigenvalue weighted by molar-refractivity contribution is 6.32. The van der Waals surface area contributed by atoms with Crippen molar-refractivity contribution in [3.8, 4) is 0 Å². The number of aldehydes is 1. The minimum absolute atomic E-state index is 0.216. The molecule has 2 aromatic rings. The molecule has 3 nitrogen and oxygen atoms in total. The average molecular weight is 234 g/mol. The van der Waals surface area contributed by atoms with Crippen LogP contribution in [0.1, 0.15) is 10.4 Å². The summed E-state index contributed by atoms with van der Waals surface area (Å²) in [6, 6.07) is 10.7. The summed E-state index contributed by atoms with van der Waals surface area (Å²) in [6.45, 7) is 0. The maximum absolute atomic E-state index is 10.8. The van der Waals surface area contributed by atoms with E-state index >= 15 is 0 Å². The van der Waals surface area contributed by atoms with Crippen molar-refractivity contribution >= 4 is 23.6 Å². The number of rotatable bonds is 2. The van der Waals surface area contributed by atoms with Crippen LogP contribution in [0.2, 0.25) is 5.02 Å². The molecule has 16 heavy (non-hydrogen) atoms. The van der Waals surface area contributed by atoms with Crippen molar-refractivity contribution in [2.45, 2.75) is 0 Å². The fraction of sp³-hybridized carbons (Fsp3) is 0. The molecule has 0 saturated heterocycles. The molecule has 1 aromatic heterocycles. The van der Waals surface area contributed by atoms with Crippen molar-refractivity contribution in [1.82, 2.24) is 0 Å². The van der Waals surface area contributed by atoms with E-state index in [2.05, 4.69) is 4.99 Å². The normalized spacial score (nSPS) is 11.4. The Morgan fingerprint density at radius 1 is 1.19 bits per heavy atom. The molecule has 0 spiro atoms. The molecule has 0 saturated carbocycles. The van der Waals surface area contributed by atoms with Gasteiger partial charge in [-0.1, -0.05) is 29.8 Å². The highest BCUT2D eigenvalue weighted by Gasteiger charge is 2.03. The molecule has 2 rings (SSSR count). The smallest absolute Gasteiger partial charge is 0.231 e. The third-order valence-electron chi connectivity index (χ3n) is 1.99. The first kappa shape index (κ1) is 10.6. The third kappa shape index (κ3) is 2.20. The molecular formula is C12H8ClNO2. The van der Waals surface area contributed by atoms with Gasteiger partial charge in [0, 0.05) is 0 Å². The number of hydrogen-bond donors (Lipinski definition) is 0. The van der Waals surface area contributed by atoms with Crippen molar-refractivity contribution in [1.29, 1.82) is 0 Å². The summed E-state index contributed by atoms with van der Waals surface area (Å²) in [4.78, 5) is 15.0. The van der Waals surface area contributed by atoms with E-state index in [9.17, 15) is 4.79 Å². The minimum atomic E-state index is 0.216. The van der Waals surface area contributed by atoms with Crippen LogP contribution in [0, 0.1) is 0 Å². The van der Waals surface area contributed by atoms with Crippen LogP contribution in [-0.4, -0.2) is 6.29 Å². The highest BCUT2D eigenvalue weighted by Crippen LogP contribution is 2.12. The van der Waals surface area contributed by atoms with E-state index < -0.39 is 0 Å². The molecule has 0 amide bonds. The number of benzene rings is 1. The molecule has 0 fully saturated rings. The van der Waals surface area contributed by atoms with Crippen LogP contribution in [0.4, 0.5) is 5.69 Å². The molecule has 0 aliphatic carbocycles. The molecular weight excluding hydrogens is 226 g/mol. The predicted molar refractivity (Wildman–Crippen MR) is 60.8 cm³/mol. The molecule has 1 aromatic carbocycles. The van der Waals surface area contributed by atoms with Crippen LogP contribution in [0.5, 0.6) is 0 Å². The van der Waals surface area contributed by atoms with Gasteiger partial charge in [0.05, 0.1) is 22.5 Å². The van der Waals surface area contributed by atoms with Crippen LogP contribution in [0.15, 0.2) is 52.1 Å². The second kappa shape index (κ2) is 4.77. The lowest BCUT2D eigenvalue weighted by Crippen LogP contribution is -2.08. The molecule has 4 heteroatoms. The van der Waals surface area contributed by atoms with E-state index in [1.807, 2.05) is 30.3 Å². The summed E-state index contributed by atoms with van der Waals surface area (Å²) in [6.07, 6.45) is 2.03. The highest BCUT2D eigenvalue weighted by atomic mass is 35.5. The molecule has 0 atom stereocenters. The van der Waals surface area contributed by atoms with Crippen molar-refractivity contribution in [2.24, 2.45) is 4.99 Å². The summed E-state index contributed by atoms with van der Waals surface area (Å²) in [5, 5.41) is 0.330. The quantitative estimate of drug-likeness (QED) is 0.749. The van der Waals surface area contributed by atoms with Gasteiger partial charge in [-0.2, -0.15) is 0 Å². The summed E-state index contributed by atoms with van der Waals surface area (Å²) in [5.41, 5.74) is 1.18. The molecule has 80 valence electrons. The lowest BCUT2D eigenvalue weighted by Gasteiger charge is -1.96. The Bertz CT molecular complexity index is 561.